The molecule has 0 N–H and O–H groups in total. The lowest BCUT2D eigenvalue weighted by molar-refractivity contribution is 0.868. The molecule has 0 bridgehead atoms. The summed E-state index contributed by atoms with van der Waals surface area (Å²) in [5, 5.41) is 0. The maximum atomic E-state index is 13.6. The predicted molar refractivity (Wildman–Crippen MR) is 58.7 cm³/mol. The fourth-order valence-corrected chi connectivity index (χ4v) is 2.81. The standard InChI is InChI=1S/C10H21FS/c1-4-6-7-8-10-12(3,11)9-5-2/h6-7H,4-5,8-10H2,1-3H3. The van der Waals surface area contributed by atoms with Crippen LogP contribution < -0.4 is 0 Å². The Hall–Kier alpha value is 0.0200. The Morgan fingerprint density at radius 1 is 1.17 bits per heavy atom. The van der Waals surface area contributed by atoms with Gasteiger partial charge in [0.05, 0.1) is 0 Å². The SMILES string of the molecule is CCC=CCCS(C)(F)CCC. The van der Waals surface area contributed by atoms with Gasteiger partial charge in [0.2, 0.25) is 0 Å². The van der Waals surface area contributed by atoms with E-state index in [0.29, 0.717) is 0 Å². The molecular weight excluding hydrogens is 171 g/mol. The largest absolute Gasteiger partial charge is 0.190 e. The topological polar surface area (TPSA) is 0 Å². The molecule has 0 fully saturated rings. The molecular formula is C10H21FS. The monoisotopic (exact) mass is 192 g/mol. The molecule has 0 aliphatic carbocycles. The first-order valence-corrected chi connectivity index (χ1v) is 6.98. The smallest absolute Gasteiger partial charge is 0.00676 e. The minimum atomic E-state index is -1.76. The highest BCUT2D eigenvalue weighted by molar-refractivity contribution is 8.29. The van der Waals surface area contributed by atoms with Gasteiger partial charge in [-0.25, -0.2) is 0 Å². The highest BCUT2D eigenvalue weighted by Crippen LogP contribution is 2.46. The van der Waals surface area contributed by atoms with Gasteiger partial charge in [-0.05, 0) is 25.5 Å². The van der Waals surface area contributed by atoms with Crippen molar-refractivity contribution in [2.75, 3.05) is 17.8 Å². The van der Waals surface area contributed by atoms with Crippen LogP contribution in [0.1, 0.15) is 33.1 Å². The summed E-state index contributed by atoms with van der Waals surface area (Å²) >= 11 is 0. The Morgan fingerprint density at radius 2 is 1.83 bits per heavy atom. The maximum Gasteiger partial charge on any atom is 0.00676 e. The lowest BCUT2D eigenvalue weighted by Gasteiger charge is -2.24. The number of rotatable bonds is 6. The van der Waals surface area contributed by atoms with E-state index >= 15 is 0 Å². The molecule has 0 aliphatic heterocycles. The van der Waals surface area contributed by atoms with E-state index in [9.17, 15) is 3.89 Å². The molecule has 74 valence electrons. The van der Waals surface area contributed by atoms with Gasteiger partial charge >= 0.3 is 0 Å². The third-order valence-electron chi connectivity index (χ3n) is 1.74. The van der Waals surface area contributed by atoms with Crippen LogP contribution in [0.2, 0.25) is 0 Å². The van der Waals surface area contributed by atoms with Crippen LogP contribution in [-0.4, -0.2) is 17.8 Å². The highest BCUT2D eigenvalue weighted by Gasteiger charge is 2.13. The van der Waals surface area contributed by atoms with Crippen molar-refractivity contribution in [3.8, 4) is 0 Å². The Labute approximate surface area is 77.9 Å². The highest BCUT2D eigenvalue weighted by atomic mass is 32.3. The first kappa shape index (κ1) is 12.0. The summed E-state index contributed by atoms with van der Waals surface area (Å²) in [6.45, 7) is 4.15. The zero-order valence-electron chi connectivity index (χ0n) is 8.48. The van der Waals surface area contributed by atoms with E-state index in [0.717, 1.165) is 30.8 Å². The van der Waals surface area contributed by atoms with Crippen LogP contribution in [0, 0.1) is 0 Å². The van der Waals surface area contributed by atoms with Gasteiger partial charge in [-0.15, -0.1) is 0 Å². The fraction of sp³-hybridized carbons (Fsp3) is 0.800. The third-order valence-corrected chi connectivity index (χ3v) is 4.09. The van der Waals surface area contributed by atoms with Crippen LogP contribution in [0.5, 0.6) is 0 Å². The van der Waals surface area contributed by atoms with Gasteiger partial charge in [0, 0.05) is 11.5 Å². The lowest BCUT2D eigenvalue weighted by atomic mass is 10.4. The number of halogens is 1. The number of hydrogen-bond acceptors (Lipinski definition) is 0. The van der Waals surface area contributed by atoms with Crippen molar-refractivity contribution in [2.45, 2.75) is 33.1 Å². The molecule has 0 heterocycles. The van der Waals surface area contributed by atoms with E-state index in [4.69, 9.17) is 0 Å². The molecule has 0 aromatic heterocycles. The van der Waals surface area contributed by atoms with Gasteiger partial charge in [-0.1, -0.05) is 36.4 Å². The zero-order chi connectivity index (χ0) is 9.45. The average molecular weight is 192 g/mol. The maximum absolute atomic E-state index is 13.6. The Balaban J connectivity index is 3.53. The number of allylic oxidation sites excluding steroid dienone is 2. The van der Waals surface area contributed by atoms with Crippen LogP contribution in [0.15, 0.2) is 12.2 Å². The van der Waals surface area contributed by atoms with Crippen LogP contribution >= 0.6 is 10.4 Å². The average Bonchev–Trinajstić information content (AvgIpc) is 1.98. The minimum absolute atomic E-state index is 0.747. The number of hydrogen-bond donors (Lipinski definition) is 0. The molecule has 0 amide bonds. The first-order chi connectivity index (χ1) is 5.62. The van der Waals surface area contributed by atoms with Crippen molar-refractivity contribution < 1.29 is 3.89 Å². The molecule has 0 saturated heterocycles. The van der Waals surface area contributed by atoms with Crippen molar-refractivity contribution in [3.63, 3.8) is 0 Å². The Morgan fingerprint density at radius 3 is 2.33 bits per heavy atom. The van der Waals surface area contributed by atoms with Crippen molar-refractivity contribution in [1.29, 1.82) is 0 Å². The summed E-state index contributed by atoms with van der Waals surface area (Å²) in [6.07, 6.45) is 8.94. The molecule has 0 spiro atoms. The summed E-state index contributed by atoms with van der Waals surface area (Å²) in [6, 6.07) is 0. The second-order valence-corrected chi connectivity index (χ2v) is 6.36. The van der Waals surface area contributed by atoms with Gasteiger partial charge in [-0.3, -0.25) is 0 Å². The predicted octanol–water partition coefficient (Wildman–Crippen LogP) is 4.07. The summed E-state index contributed by atoms with van der Waals surface area (Å²) in [7, 11) is -1.76. The van der Waals surface area contributed by atoms with E-state index in [-0.39, 0.29) is 0 Å². The minimum Gasteiger partial charge on any atom is -0.190 e. The summed E-state index contributed by atoms with van der Waals surface area (Å²) in [5.74, 6) is 1.52. The molecule has 0 saturated carbocycles. The van der Waals surface area contributed by atoms with Gasteiger partial charge in [-0.2, -0.15) is 3.89 Å². The second kappa shape index (κ2) is 6.53. The van der Waals surface area contributed by atoms with E-state index in [1.54, 1.807) is 6.26 Å². The van der Waals surface area contributed by atoms with Crippen molar-refractivity contribution in [3.05, 3.63) is 12.2 Å². The quantitative estimate of drug-likeness (QED) is 0.556. The zero-order valence-corrected chi connectivity index (χ0v) is 9.29. The van der Waals surface area contributed by atoms with Crippen LogP contribution in [0.25, 0.3) is 0 Å². The van der Waals surface area contributed by atoms with E-state index in [2.05, 4.69) is 19.1 Å². The normalized spacial score (nSPS) is 19.3. The molecule has 1 unspecified atom stereocenters. The van der Waals surface area contributed by atoms with E-state index in [1.807, 2.05) is 6.92 Å². The molecule has 12 heavy (non-hydrogen) atoms. The van der Waals surface area contributed by atoms with Crippen molar-refractivity contribution in [2.24, 2.45) is 0 Å². The van der Waals surface area contributed by atoms with Crippen LogP contribution in [0.3, 0.4) is 0 Å². The molecule has 0 aromatic rings. The van der Waals surface area contributed by atoms with Crippen molar-refractivity contribution >= 4 is 10.4 Å². The summed E-state index contributed by atoms with van der Waals surface area (Å²) in [4.78, 5) is 0. The van der Waals surface area contributed by atoms with Crippen LogP contribution in [-0.2, 0) is 0 Å². The summed E-state index contributed by atoms with van der Waals surface area (Å²) < 4.78 is 13.6. The third kappa shape index (κ3) is 6.71. The molecule has 0 rings (SSSR count). The molecule has 2 heteroatoms. The fourth-order valence-electron chi connectivity index (χ4n) is 1.13. The summed E-state index contributed by atoms with van der Waals surface area (Å²) in [5.41, 5.74) is 0. The van der Waals surface area contributed by atoms with Gasteiger partial charge in [0.1, 0.15) is 0 Å². The van der Waals surface area contributed by atoms with Gasteiger partial charge < -0.3 is 0 Å². The Kier molecular flexibility index (Phi) is 6.54. The van der Waals surface area contributed by atoms with Gasteiger partial charge in [0.15, 0.2) is 0 Å². The van der Waals surface area contributed by atoms with Crippen LogP contribution in [0.4, 0.5) is 3.89 Å². The molecule has 0 aromatic carbocycles. The first-order valence-electron chi connectivity index (χ1n) is 4.70. The Bertz CT molecular complexity index is 130. The van der Waals surface area contributed by atoms with E-state index < -0.39 is 10.4 Å². The van der Waals surface area contributed by atoms with Gasteiger partial charge in [0.25, 0.3) is 0 Å². The second-order valence-electron chi connectivity index (χ2n) is 3.23. The lowest BCUT2D eigenvalue weighted by Crippen LogP contribution is -2.00. The molecule has 1 atom stereocenters. The molecule has 0 nitrogen and oxygen atoms in total. The molecule has 0 aliphatic rings. The van der Waals surface area contributed by atoms with Crippen molar-refractivity contribution in [1.82, 2.24) is 0 Å². The molecule has 0 radical (unpaired) electrons. The van der Waals surface area contributed by atoms with E-state index in [1.165, 1.54) is 0 Å².